The Labute approximate surface area is 112 Å². The molecule has 0 saturated carbocycles. The van der Waals surface area contributed by atoms with Crippen LogP contribution in [0.2, 0.25) is 0 Å². The Kier molecular flexibility index (Phi) is 4.10. The summed E-state index contributed by atoms with van der Waals surface area (Å²) in [5.74, 6) is 1.65. The van der Waals surface area contributed by atoms with Crippen LogP contribution in [-0.4, -0.2) is 18.0 Å². The van der Waals surface area contributed by atoms with Crippen LogP contribution in [0.1, 0.15) is 25.8 Å². The predicted octanol–water partition coefficient (Wildman–Crippen LogP) is 3.51. The van der Waals surface area contributed by atoms with Crippen molar-refractivity contribution < 1.29 is 0 Å². The van der Waals surface area contributed by atoms with Crippen LogP contribution < -0.4 is 5.73 Å². The highest BCUT2D eigenvalue weighted by Gasteiger charge is 2.25. The fraction of sp³-hybridized carbons (Fsp3) is 0.571. The lowest BCUT2D eigenvalue weighted by atomic mass is 9.95. The molecule has 1 atom stereocenters. The van der Waals surface area contributed by atoms with Gasteiger partial charge < -0.3 is 5.73 Å². The lowest BCUT2D eigenvalue weighted by Crippen LogP contribution is -2.21. The molecule has 0 amide bonds. The SMILES string of the molecule is CC(C)C1CCN(Cc2cccc(N)c2Br)C1. The maximum absolute atomic E-state index is 5.91. The summed E-state index contributed by atoms with van der Waals surface area (Å²) in [6, 6.07) is 6.13. The van der Waals surface area contributed by atoms with E-state index >= 15 is 0 Å². The fourth-order valence-electron chi connectivity index (χ4n) is 2.51. The standard InChI is InChI=1S/C14H21BrN2/c1-10(2)11-6-7-17(8-11)9-12-4-3-5-13(16)14(12)15/h3-5,10-11H,6-9,16H2,1-2H3. The number of likely N-dealkylation sites (tertiary alicyclic amines) is 1. The number of nitrogens with zero attached hydrogens (tertiary/aromatic N) is 1. The van der Waals surface area contributed by atoms with Crippen LogP contribution in [-0.2, 0) is 6.54 Å². The molecule has 1 aromatic rings. The zero-order valence-electron chi connectivity index (χ0n) is 10.6. The van der Waals surface area contributed by atoms with Gasteiger partial charge in [-0.05, 0) is 52.4 Å². The Morgan fingerprint density at radius 2 is 2.24 bits per heavy atom. The van der Waals surface area contributed by atoms with Crippen LogP contribution in [0, 0.1) is 11.8 Å². The number of hydrogen-bond donors (Lipinski definition) is 1. The number of nitrogens with two attached hydrogens (primary N) is 1. The van der Waals surface area contributed by atoms with Crippen molar-refractivity contribution in [3.05, 3.63) is 28.2 Å². The van der Waals surface area contributed by atoms with E-state index in [2.05, 4.69) is 40.7 Å². The highest BCUT2D eigenvalue weighted by atomic mass is 79.9. The second-order valence-electron chi connectivity index (χ2n) is 5.35. The summed E-state index contributed by atoms with van der Waals surface area (Å²) < 4.78 is 1.06. The van der Waals surface area contributed by atoms with Gasteiger partial charge in [-0.15, -0.1) is 0 Å². The van der Waals surface area contributed by atoms with Gasteiger partial charge in [-0.2, -0.15) is 0 Å². The average molecular weight is 297 g/mol. The third-order valence-corrected chi connectivity index (χ3v) is 4.72. The van der Waals surface area contributed by atoms with Crippen LogP contribution in [0.3, 0.4) is 0 Å². The molecule has 1 saturated heterocycles. The van der Waals surface area contributed by atoms with Gasteiger partial charge >= 0.3 is 0 Å². The summed E-state index contributed by atoms with van der Waals surface area (Å²) in [6.45, 7) is 8.09. The van der Waals surface area contributed by atoms with Gasteiger partial charge in [0.2, 0.25) is 0 Å². The molecule has 1 heterocycles. The van der Waals surface area contributed by atoms with Crippen molar-refractivity contribution in [1.82, 2.24) is 4.90 Å². The molecule has 1 aliphatic heterocycles. The van der Waals surface area contributed by atoms with Gasteiger partial charge in [0.1, 0.15) is 0 Å². The Morgan fingerprint density at radius 3 is 2.88 bits per heavy atom. The number of rotatable bonds is 3. The lowest BCUT2D eigenvalue weighted by molar-refractivity contribution is 0.296. The number of nitrogen functional groups attached to an aromatic ring is 1. The average Bonchev–Trinajstić information content (AvgIpc) is 2.73. The molecule has 2 nitrogen and oxygen atoms in total. The normalized spacial score (nSPS) is 21.3. The topological polar surface area (TPSA) is 29.3 Å². The van der Waals surface area contributed by atoms with E-state index in [4.69, 9.17) is 5.73 Å². The molecule has 94 valence electrons. The number of halogens is 1. The highest BCUT2D eigenvalue weighted by Crippen LogP contribution is 2.29. The quantitative estimate of drug-likeness (QED) is 0.865. The van der Waals surface area contributed by atoms with Crippen LogP contribution >= 0.6 is 15.9 Å². The first-order chi connectivity index (χ1) is 8.08. The summed E-state index contributed by atoms with van der Waals surface area (Å²) in [4.78, 5) is 2.53. The molecule has 0 aromatic heterocycles. The Bertz CT molecular complexity index is 390. The molecule has 1 aromatic carbocycles. The first-order valence-electron chi connectivity index (χ1n) is 6.33. The summed E-state index contributed by atoms with van der Waals surface area (Å²) >= 11 is 3.58. The van der Waals surface area contributed by atoms with E-state index in [9.17, 15) is 0 Å². The molecule has 17 heavy (non-hydrogen) atoms. The number of anilines is 1. The Morgan fingerprint density at radius 1 is 1.47 bits per heavy atom. The number of benzene rings is 1. The van der Waals surface area contributed by atoms with Gasteiger partial charge in [0, 0.05) is 23.2 Å². The molecular formula is C14H21BrN2. The molecule has 2 rings (SSSR count). The van der Waals surface area contributed by atoms with E-state index in [1.807, 2.05) is 12.1 Å². The van der Waals surface area contributed by atoms with Crippen molar-refractivity contribution in [3.63, 3.8) is 0 Å². The molecular weight excluding hydrogens is 276 g/mol. The highest BCUT2D eigenvalue weighted by molar-refractivity contribution is 9.10. The van der Waals surface area contributed by atoms with Crippen LogP contribution in [0.15, 0.2) is 22.7 Å². The Hall–Kier alpha value is -0.540. The van der Waals surface area contributed by atoms with E-state index in [0.29, 0.717) is 0 Å². The van der Waals surface area contributed by atoms with Gasteiger partial charge in [-0.25, -0.2) is 0 Å². The van der Waals surface area contributed by atoms with Gasteiger partial charge in [0.05, 0.1) is 0 Å². The smallest absolute Gasteiger partial charge is 0.0461 e. The molecule has 1 unspecified atom stereocenters. The maximum Gasteiger partial charge on any atom is 0.0461 e. The van der Waals surface area contributed by atoms with Gasteiger partial charge in [0.25, 0.3) is 0 Å². The molecule has 1 aliphatic rings. The summed E-state index contributed by atoms with van der Waals surface area (Å²) in [5.41, 5.74) is 8.04. The van der Waals surface area contributed by atoms with Crippen molar-refractivity contribution in [1.29, 1.82) is 0 Å². The Balaban J connectivity index is 2.00. The first-order valence-corrected chi connectivity index (χ1v) is 7.12. The third-order valence-electron chi connectivity index (χ3n) is 3.75. The van der Waals surface area contributed by atoms with Gasteiger partial charge in [0.15, 0.2) is 0 Å². The van der Waals surface area contributed by atoms with Crippen molar-refractivity contribution in [2.24, 2.45) is 11.8 Å². The fourth-order valence-corrected chi connectivity index (χ4v) is 2.90. The van der Waals surface area contributed by atoms with Crippen molar-refractivity contribution in [3.8, 4) is 0 Å². The van der Waals surface area contributed by atoms with Crippen molar-refractivity contribution in [2.75, 3.05) is 18.8 Å². The van der Waals surface area contributed by atoms with Gasteiger partial charge in [-0.1, -0.05) is 26.0 Å². The second kappa shape index (κ2) is 5.40. The molecule has 1 fully saturated rings. The van der Waals surface area contributed by atoms with Crippen LogP contribution in [0.4, 0.5) is 5.69 Å². The monoisotopic (exact) mass is 296 g/mol. The second-order valence-corrected chi connectivity index (χ2v) is 6.14. The van der Waals surface area contributed by atoms with E-state index < -0.39 is 0 Å². The summed E-state index contributed by atoms with van der Waals surface area (Å²) in [6.07, 6.45) is 1.33. The van der Waals surface area contributed by atoms with Gasteiger partial charge in [-0.3, -0.25) is 4.90 Å². The molecule has 0 aliphatic carbocycles. The maximum atomic E-state index is 5.91. The van der Waals surface area contributed by atoms with E-state index in [1.165, 1.54) is 25.1 Å². The largest absolute Gasteiger partial charge is 0.398 e. The van der Waals surface area contributed by atoms with Crippen molar-refractivity contribution in [2.45, 2.75) is 26.8 Å². The molecule has 0 bridgehead atoms. The third kappa shape index (κ3) is 3.02. The molecule has 3 heteroatoms. The summed E-state index contributed by atoms with van der Waals surface area (Å²) in [7, 11) is 0. The minimum Gasteiger partial charge on any atom is -0.398 e. The zero-order chi connectivity index (χ0) is 12.4. The number of hydrogen-bond acceptors (Lipinski definition) is 2. The molecule has 0 spiro atoms. The van der Waals surface area contributed by atoms with Crippen LogP contribution in [0.5, 0.6) is 0 Å². The minimum atomic E-state index is 0.796. The first kappa shape index (κ1) is 12.9. The minimum absolute atomic E-state index is 0.796. The van der Waals surface area contributed by atoms with Crippen LogP contribution in [0.25, 0.3) is 0 Å². The molecule has 0 radical (unpaired) electrons. The molecule has 2 N–H and O–H groups in total. The zero-order valence-corrected chi connectivity index (χ0v) is 12.2. The van der Waals surface area contributed by atoms with E-state index in [1.54, 1.807) is 0 Å². The summed E-state index contributed by atoms with van der Waals surface area (Å²) in [5, 5.41) is 0. The van der Waals surface area contributed by atoms with E-state index in [-0.39, 0.29) is 0 Å². The van der Waals surface area contributed by atoms with Crippen molar-refractivity contribution >= 4 is 21.6 Å². The predicted molar refractivity (Wildman–Crippen MR) is 76.8 cm³/mol. The van der Waals surface area contributed by atoms with E-state index in [0.717, 1.165) is 28.5 Å². The lowest BCUT2D eigenvalue weighted by Gasteiger charge is -2.19.